The lowest BCUT2D eigenvalue weighted by Gasteiger charge is -2.02. The van der Waals surface area contributed by atoms with E-state index in [1.807, 2.05) is 0 Å². The van der Waals surface area contributed by atoms with E-state index >= 15 is 0 Å². The van der Waals surface area contributed by atoms with Crippen LogP contribution in [0.15, 0.2) is 10.2 Å². The van der Waals surface area contributed by atoms with Crippen LogP contribution < -0.4 is 0 Å². The molecule has 3 heteroatoms. The van der Waals surface area contributed by atoms with Crippen LogP contribution in [0.4, 0.5) is 0 Å². The summed E-state index contributed by atoms with van der Waals surface area (Å²) < 4.78 is 5.04. The molecular formula is C5H8N2O. The van der Waals surface area contributed by atoms with Crippen molar-refractivity contribution in [1.29, 1.82) is 0 Å². The molecule has 1 aliphatic carbocycles. The molecule has 1 heterocycles. The molecule has 8 heavy (non-hydrogen) atoms. The summed E-state index contributed by atoms with van der Waals surface area (Å²) in [7, 11) is 1.66. The maximum atomic E-state index is 5.04. The molecule has 2 aliphatic rings. The van der Waals surface area contributed by atoms with Gasteiger partial charge in [0.05, 0.1) is 0 Å². The highest BCUT2D eigenvalue weighted by atomic mass is 16.5. The van der Waals surface area contributed by atoms with Gasteiger partial charge in [0.15, 0.2) is 0 Å². The Balaban J connectivity index is 2.01. The lowest BCUT2D eigenvalue weighted by molar-refractivity contribution is 0.0447. The Labute approximate surface area is 47.7 Å². The van der Waals surface area contributed by atoms with E-state index in [4.69, 9.17) is 4.74 Å². The zero-order valence-electron chi connectivity index (χ0n) is 4.79. The molecule has 0 unspecified atom stereocenters. The third kappa shape index (κ3) is 0.422. The highest BCUT2D eigenvalue weighted by Gasteiger charge is 2.54. The number of hydrogen-bond acceptors (Lipinski definition) is 3. The first-order chi connectivity index (χ1) is 3.87. The summed E-state index contributed by atoms with van der Waals surface area (Å²) in [6.07, 6.45) is 2.47. The molecule has 44 valence electrons. The Kier molecular flexibility index (Phi) is 0.612. The second-order valence-corrected chi connectivity index (χ2v) is 2.34. The van der Waals surface area contributed by atoms with Gasteiger partial charge in [-0.05, 0) is 12.8 Å². The topological polar surface area (TPSA) is 34.0 Å². The van der Waals surface area contributed by atoms with Crippen LogP contribution in [-0.4, -0.2) is 13.0 Å². The highest BCUT2D eigenvalue weighted by molar-refractivity contribution is 4.97. The molecule has 0 amide bonds. The van der Waals surface area contributed by atoms with E-state index in [9.17, 15) is 0 Å². The zero-order chi connectivity index (χ0) is 5.61. The maximum Gasteiger partial charge on any atom is 0.295 e. The summed E-state index contributed by atoms with van der Waals surface area (Å²) in [6, 6.07) is 0. The number of hydrogen-bond donors (Lipinski definition) is 0. The fourth-order valence-corrected chi connectivity index (χ4v) is 0.920. The molecule has 0 radical (unpaired) electrons. The zero-order valence-corrected chi connectivity index (χ0v) is 4.79. The van der Waals surface area contributed by atoms with Crippen LogP contribution >= 0.6 is 0 Å². The number of rotatable bonds is 2. The van der Waals surface area contributed by atoms with Gasteiger partial charge in [-0.2, -0.15) is 0 Å². The molecule has 1 aliphatic heterocycles. The highest BCUT2D eigenvalue weighted by Crippen LogP contribution is 2.50. The second-order valence-electron chi connectivity index (χ2n) is 2.34. The van der Waals surface area contributed by atoms with E-state index in [2.05, 4.69) is 10.2 Å². The standard InChI is InChI=1S/C5H8N2O/c1-8-5(6-7-5)4-2-3-4/h4H,2-3H2,1H3. The fourth-order valence-electron chi connectivity index (χ4n) is 0.920. The second kappa shape index (κ2) is 1.10. The Bertz CT molecular complexity index is 133. The van der Waals surface area contributed by atoms with Crippen molar-refractivity contribution in [3.8, 4) is 0 Å². The predicted molar refractivity (Wildman–Crippen MR) is 27.3 cm³/mol. The molecule has 3 nitrogen and oxygen atoms in total. The van der Waals surface area contributed by atoms with Crippen LogP contribution in [0.2, 0.25) is 0 Å². The van der Waals surface area contributed by atoms with Crippen molar-refractivity contribution in [1.82, 2.24) is 0 Å². The van der Waals surface area contributed by atoms with Crippen LogP contribution in [0.5, 0.6) is 0 Å². The van der Waals surface area contributed by atoms with Crippen molar-refractivity contribution in [3.05, 3.63) is 0 Å². The summed E-state index contributed by atoms with van der Waals surface area (Å²) in [4.78, 5) is 0. The van der Waals surface area contributed by atoms with Gasteiger partial charge < -0.3 is 4.74 Å². The number of ether oxygens (including phenoxy) is 1. The van der Waals surface area contributed by atoms with E-state index in [1.165, 1.54) is 12.8 Å². The van der Waals surface area contributed by atoms with Crippen LogP contribution in [0, 0.1) is 5.92 Å². The van der Waals surface area contributed by atoms with Crippen molar-refractivity contribution in [2.45, 2.75) is 18.7 Å². The molecule has 0 saturated heterocycles. The molecular weight excluding hydrogens is 104 g/mol. The lowest BCUT2D eigenvalue weighted by atomic mass is 10.3. The third-order valence-electron chi connectivity index (χ3n) is 1.71. The van der Waals surface area contributed by atoms with Gasteiger partial charge in [0.25, 0.3) is 5.85 Å². The third-order valence-corrected chi connectivity index (χ3v) is 1.71. The van der Waals surface area contributed by atoms with Crippen molar-refractivity contribution in [3.63, 3.8) is 0 Å². The molecule has 0 aromatic heterocycles. The summed E-state index contributed by atoms with van der Waals surface area (Å²) >= 11 is 0. The van der Waals surface area contributed by atoms with Crippen LogP contribution in [0.3, 0.4) is 0 Å². The summed E-state index contributed by atoms with van der Waals surface area (Å²) in [5.41, 5.74) is 0. The molecule has 0 N–H and O–H groups in total. The fraction of sp³-hybridized carbons (Fsp3) is 1.00. The SMILES string of the molecule is COC1(C2CC2)N=N1. The van der Waals surface area contributed by atoms with Gasteiger partial charge in [0.1, 0.15) is 0 Å². The Morgan fingerprint density at radius 2 is 2.12 bits per heavy atom. The summed E-state index contributed by atoms with van der Waals surface area (Å²) in [5.74, 6) is 0.271. The van der Waals surface area contributed by atoms with E-state index in [0.717, 1.165) is 0 Å². The lowest BCUT2D eigenvalue weighted by Crippen LogP contribution is -2.15. The quantitative estimate of drug-likeness (QED) is 0.527. The van der Waals surface area contributed by atoms with Gasteiger partial charge in [-0.1, -0.05) is 0 Å². The van der Waals surface area contributed by atoms with Gasteiger partial charge in [0, 0.05) is 13.0 Å². The van der Waals surface area contributed by atoms with Crippen molar-refractivity contribution in [2.24, 2.45) is 16.1 Å². The number of methoxy groups -OCH3 is 1. The molecule has 0 bridgehead atoms. The maximum absolute atomic E-state index is 5.04. The molecule has 0 aromatic rings. The Hall–Kier alpha value is -0.440. The first-order valence-corrected chi connectivity index (χ1v) is 2.86. The van der Waals surface area contributed by atoms with Gasteiger partial charge in [-0.3, -0.25) is 0 Å². The van der Waals surface area contributed by atoms with E-state index in [0.29, 0.717) is 5.92 Å². The smallest absolute Gasteiger partial charge is 0.295 e. The average Bonchev–Trinajstić information content (AvgIpc) is 2.63. The largest absolute Gasteiger partial charge is 0.336 e. The van der Waals surface area contributed by atoms with E-state index in [-0.39, 0.29) is 5.85 Å². The van der Waals surface area contributed by atoms with Crippen LogP contribution in [0.25, 0.3) is 0 Å². The summed E-state index contributed by atoms with van der Waals surface area (Å²) in [6.45, 7) is 0. The van der Waals surface area contributed by atoms with Crippen molar-refractivity contribution >= 4 is 0 Å². The van der Waals surface area contributed by atoms with Crippen LogP contribution in [0.1, 0.15) is 12.8 Å². The van der Waals surface area contributed by atoms with Gasteiger partial charge in [-0.25, -0.2) is 0 Å². The first kappa shape index (κ1) is 4.44. The Morgan fingerprint density at radius 1 is 1.50 bits per heavy atom. The van der Waals surface area contributed by atoms with Crippen LogP contribution in [-0.2, 0) is 4.74 Å². The first-order valence-electron chi connectivity index (χ1n) is 2.86. The van der Waals surface area contributed by atoms with Crippen molar-refractivity contribution in [2.75, 3.05) is 7.11 Å². The minimum absolute atomic E-state index is 0.347. The predicted octanol–water partition coefficient (Wildman–Crippen LogP) is 1.16. The van der Waals surface area contributed by atoms with E-state index < -0.39 is 0 Å². The normalized spacial score (nSPS) is 30.6. The van der Waals surface area contributed by atoms with Gasteiger partial charge in [0.2, 0.25) is 0 Å². The van der Waals surface area contributed by atoms with Crippen molar-refractivity contribution < 1.29 is 4.74 Å². The average molecular weight is 112 g/mol. The molecule has 0 atom stereocenters. The summed E-state index contributed by atoms with van der Waals surface area (Å²) in [5, 5.41) is 7.63. The molecule has 1 fully saturated rings. The molecule has 1 saturated carbocycles. The minimum Gasteiger partial charge on any atom is -0.336 e. The molecule has 0 spiro atoms. The molecule has 0 aromatic carbocycles. The minimum atomic E-state index is -0.347. The van der Waals surface area contributed by atoms with E-state index in [1.54, 1.807) is 7.11 Å². The molecule has 2 rings (SSSR count). The monoisotopic (exact) mass is 112 g/mol. The number of nitrogens with zero attached hydrogens (tertiary/aromatic N) is 2. The van der Waals surface area contributed by atoms with Gasteiger partial charge in [-0.15, -0.1) is 10.2 Å². The van der Waals surface area contributed by atoms with Gasteiger partial charge >= 0.3 is 0 Å². The Morgan fingerprint density at radius 3 is 2.25 bits per heavy atom.